The molecule has 7 heteroatoms. The first-order valence-corrected chi connectivity index (χ1v) is 8.68. The Morgan fingerprint density at radius 2 is 2.00 bits per heavy atom. The van der Waals surface area contributed by atoms with E-state index in [1.54, 1.807) is 23.7 Å². The Morgan fingerprint density at radius 1 is 1.12 bits per heavy atom. The highest BCUT2D eigenvalue weighted by molar-refractivity contribution is 7.08. The summed E-state index contributed by atoms with van der Waals surface area (Å²) in [5, 5.41) is 11.7. The molecule has 1 aromatic carbocycles. The molecule has 0 saturated carbocycles. The van der Waals surface area contributed by atoms with E-state index in [1.807, 2.05) is 41.1 Å². The van der Waals surface area contributed by atoms with Crippen LogP contribution in [-0.4, -0.2) is 21.0 Å². The van der Waals surface area contributed by atoms with E-state index in [0.29, 0.717) is 17.8 Å². The lowest BCUT2D eigenvalue weighted by molar-refractivity contribution is -0.120. The Balaban J connectivity index is 1.46. The predicted octanol–water partition coefficient (Wildman–Crippen LogP) is 3.21. The number of aromatic nitrogens is 3. The van der Waals surface area contributed by atoms with Crippen molar-refractivity contribution in [2.45, 2.75) is 13.0 Å². The van der Waals surface area contributed by atoms with Crippen LogP contribution in [0.2, 0.25) is 0 Å². The van der Waals surface area contributed by atoms with E-state index < -0.39 is 0 Å². The number of rotatable bonds is 5. The van der Waals surface area contributed by atoms with Gasteiger partial charge in [-0.25, -0.2) is 0 Å². The van der Waals surface area contributed by atoms with Crippen molar-refractivity contribution >= 4 is 28.2 Å². The number of amides is 1. The second-order valence-corrected chi connectivity index (χ2v) is 6.22. The summed E-state index contributed by atoms with van der Waals surface area (Å²) in [6.45, 7) is 0.313. The standard InChI is InChI=1S/C18H14N4O2S/c23-17(9-14-13-3-1-2-4-16(13)24-22-14)21-10-15-18(20-7-6-19-15)12-5-8-25-11-12/h1-8,11H,9-10H2,(H,21,23). The minimum absolute atomic E-state index is 0.138. The Morgan fingerprint density at radius 3 is 2.88 bits per heavy atom. The van der Waals surface area contributed by atoms with Crippen LogP contribution in [0.1, 0.15) is 11.4 Å². The van der Waals surface area contributed by atoms with Crippen LogP contribution in [0.5, 0.6) is 0 Å². The van der Waals surface area contributed by atoms with Gasteiger partial charge in [0.05, 0.1) is 24.4 Å². The number of nitrogens with one attached hydrogen (secondary N) is 1. The third kappa shape index (κ3) is 3.27. The molecule has 0 bridgehead atoms. The number of nitrogens with zero attached hydrogens (tertiary/aromatic N) is 3. The van der Waals surface area contributed by atoms with Gasteiger partial charge in [0, 0.05) is 28.7 Å². The van der Waals surface area contributed by atoms with Crippen molar-refractivity contribution in [2.75, 3.05) is 0 Å². The SMILES string of the molecule is O=C(Cc1noc2ccccc12)NCc1nccnc1-c1ccsc1. The van der Waals surface area contributed by atoms with Crippen LogP contribution in [0.15, 0.2) is 58.0 Å². The fourth-order valence-electron chi connectivity index (χ4n) is 2.60. The van der Waals surface area contributed by atoms with Gasteiger partial charge >= 0.3 is 0 Å². The molecule has 0 radical (unpaired) electrons. The Kier molecular flexibility index (Phi) is 4.22. The summed E-state index contributed by atoms with van der Waals surface area (Å²) in [7, 11) is 0. The molecule has 0 spiro atoms. The highest BCUT2D eigenvalue weighted by Gasteiger charge is 2.13. The molecule has 0 aliphatic rings. The first-order chi connectivity index (χ1) is 12.3. The van der Waals surface area contributed by atoms with Gasteiger partial charge in [-0.05, 0) is 23.6 Å². The fraction of sp³-hybridized carbons (Fsp3) is 0.111. The van der Waals surface area contributed by atoms with Gasteiger partial charge in [0.1, 0.15) is 5.69 Å². The fourth-order valence-corrected chi connectivity index (χ4v) is 3.24. The maximum Gasteiger partial charge on any atom is 0.226 e. The van der Waals surface area contributed by atoms with Crippen molar-refractivity contribution in [3.05, 3.63) is 64.9 Å². The summed E-state index contributed by atoms with van der Waals surface area (Å²) in [4.78, 5) is 21.0. The largest absolute Gasteiger partial charge is 0.356 e. The quantitative estimate of drug-likeness (QED) is 0.598. The number of carbonyl (C=O) groups is 1. The number of para-hydroxylation sites is 1. The second kappa shape index (κ2) is 6.82. The predicted molar refractivity (Wildman–Crippen MR) is 94.9 cm³/mol. The van der Waals surface area contributed by atoms with E-state index >= 15 is 0 Å². The number of thiophene rings is 1. The van der Waals surface area contributed by atoms with Crippen molar-refractivity contribution in [2.24, 2.45) is 0 Å². The molecule has 1 amide bonds. The monoisotopic (exact) mass is 350 g/mol. The number of hydrogen-bond acceptors (Lipinski definition) is 6. The van der Waals surface area contributed by atoms with Crippen LogP contribution in [0.3, 0.4) is 0 Å². The normalized spacial score (nSPS) is 10.9. The van der Waals surface area contributed by atoms with Crippen molar-refractivity contribution in [3.8, 4) is 11.3 Å². The molecule has 0 fully saturated rings. The highest BCUT2D eigenvalue weighted by Crippen LogP contribution is 2.22. The Hall–Kier alpha value is -3.06. The lowest BCUT2D eigenvalue weighted by Gasteiger charge is -2.07. The lowest BCUT2D eigenvalue weighted by atomic mass is 10.1. The minimum Gasteiger partial charge on any atom is -0.356 e. The molecule has 0 aliphatic heterocycles. The van der Waals surface area contributed by atoms with Crippen molar-refractivity contribution in [1.82, 2.24) is 20.4 Å². The minimum atomic E-state index is -0.138. The van der Waals surface area contributed by atoms with Crippen LogP contribution in [0.4, 0.5) is 0 Å². The molecule has 0 unspecified atom stereocenters. The zero-order valence-electron chi connectivity index (χ0n) is 13.2. The Labute approximate surface area is 147 Å². The second-order valence-electron chi connectivity index (χ2n) is 5.44. The van der Waals surface area contributed by atoms with Gasteiger partial charge in [0.25, 0.3) is 0 Å². The van der Waals surface area contributed by atoms with Crippen LogP contribution in [0.25, 0.3) is 22.2 Å². The van der Waals surface area contributed by atoms with E-state index in [1.165, 1.54) is 0 Å². The summed E-state index contributed by atoms with van der Waals surface area (Å²) in [6.07, 6.45) is 3.44. The van der Waals surface area contributed by atoms with Crippen molar-refractivity contribution in [3.63, 3.8) is 0 Å². The third-order valence-corrected chi connectivity index (χ3v) is 4.49. The number of benzene rings is 1. The zero-order chi connectivity index (χ0) is 17.1. The van der Waals surface area contributed by atoms with Crippen LogP contribution in [-0.2, 0) is 17.8 Å². The maximum atomic E-state index is 12.3. The van der Waals surface area contributed by atoms with Crippen LogP contribution >= 0.6 is 11.3 Å². The molecule has 25 heavy (non-hydrogen) atoms. The van der Waals surface area contributed by atoms with E-state index in [-0.39, 0.29) is 12.3 Å². The summed E-state index contributed by atoms with van der Waals surface area (Å²) in [6, 6.07) is 9.48. The molecule has 3 heterocycles. The highest BCUT2D eigenvalue weighted by atomic mass is 32.1. The summed E-state index contributed by atoms with van der Waals surface area (Å²) < 4.78 is 5.23. The van der Waals surface area contributed by atoms with Crippen molar-refractivity contribution in [1.29, 1.82) is 0 Å². The topological polar surface area (TPSA) is 80.9 Å². The molecule has 6 nitrogen and oxygen atoms in total. The molecule has 0 saturated heterocycles. The van der Waals surface area contributed by atoms with Crippen molar-refractivity contribution < 1.29 is 9.32 Å². The van der Waals surface area contributed by atoms with Gasteiger partial charge in [0.2, 0.25) is 5.91 Å². The Bertz CT molecular complexity index is 1010. The van der Waals surface area contributed by atoms with Crippen LogP contribution in [0, 0.1) is 0 Å². The molecule has 0 atom stereocenters. The summed E-state index contributed by atoms with van der Waals surface area (Å²) in [5.41, 5.74) is 3.84. The van der Waals surface area contributed by atoms with Gasteiger partial charge in [-0.15, -0.1) is 0 Å². The van der Waals surface area contributed by atoms with E-state index in [9.17, 15) is 4.79 Å². The number of fused-ring (bicyclic) bond motifs is 1. The van der Waals surface area contributed by atoms with Gasteiger partial charge in [-0.2, -0.15) is 11.3 Å². The zero-order valence-corrected chi connectivity index (χ0v) is 14.0. The third-order valence-electron chi connectivity index (χ3n) is 3.80. The molecule has 3 aromatic heterocycles. The first-order valence-electron chi connectivity index (χ1n) is 7.74. The molecule has 0 aliphatic carbocycles. The number of carbonyl (C=O) groups excluding carboxylic acids is 1. The average Bonchev–Trinajstić information content (AvgIpc) is 3.31. The van der Waals surface area contributed by atoms with Gasteiger partial charge in [-0.1, -0.05) is 17.3 Å². The molecule has 4 rings (SSSR count). The van der Waals surface area contributed by atoms with Gasteiger partial charge in [0.15, 0.2) is 5.58 Å². The van der Waals surface area contributed by atoms with Gasteiger partial charge in [-0.3, -0.25) is 14.8 Å². The smallest absolute Gasteiger partial charge is 0.226 e. The lowest BCUT2D eigenvalue weighted by Crippen LogP contribution is -2.25. The van der Waals surface area contributed by atoms with Crippen LogP contribution < -0.4 is 5.32 Å². The summed E-state index contributed by atoms with van der Waals surface area (Å²) >= 11 is 1.60. The van der Waals surface area contributed by atoms with Gasteiger partial charge < -0.3 is 9.84 Å². The van der Waals surface area contributed by atoms with E-state index in [0.717, 1.165) is 22.3 Å². The average molecular weight is 350 g/mol. The molecular formula is C18H14N4O2S. The number of hydrogen-bond donors (Lipinski definition) is 1. The van der Waals surface area contributed by atoms with E-state index in [2.05, 4.69) is 20.4 Å². The molecule has 1 N–H and O–H groups in total. The van der Waals surface area contributed by atoms with E-state index in [4.69, 9.17) is 4.52 Å². The molecule has 4 aromatic rings. The maximum absolute atomic E-state index is 12.3. The first kappa shape index (κ1) is 15.5. The summed E-state index contributed by atoms with van der Waals surface area (Å²) in [5.74, 6) is -0.138. The molecule has 124 valence electrons. The molecular weight excluding hydrogens is 336 g/mol.